The second-order valence-electron chi connectivity index (χ2n) is 4.90. The van der Waals surface area contributed by atoms with E-state index in [4.69, 9.17) is 4.74 Å². The summed E-state index contributed by atoms with van der Waals surface area (Å²) in [6.07, 6.45) is 1.54. The minimum atomic E-state index is -0.368. The molecule has 0 aliphatic carbocycles. The van der Waals surface area contributed by atoms with Gasteiger partial charge in [0, 0.05) is 6.54 Å². The third kappa shape index (κ3) is 3.10. The molecule has 0 saturated carbocycles. The van der Waals surface area contributed by atoms with Gasteiger partial charge in [-0.05, 0) is 24.1 Å². The Balaban J connectivity index is 2.18. The zero-order valence-corrected chi connectivity index (χ0v) is 11.9. The quantitative estimate of drug-likeness (QED) is 0.882. The highest BCUT2D eigenvalue weighted by Gasteiger charge is 2.33. The molecule has 5 heteroatoms. The van der Waals surface area contributed by atoms with E-state index in [0.29, 0.717) is 13.0 Å². The van der Waals surface area contributed by atoms with Crippen LogP contribution in [-0.2, 0) is 16.1 Å². The molecule has 2 rings (SSSR count). The number of hydrogen-bond acceptors (Lipinski definition) is 3. The molecule has 1 fully saturated rings. The van der Waals surface area contributed by atoms with Crippen LogP contribution in [0.3, 0.4) is 0 Å². The minimum Gasteiger partial charge on any atom is -0.497 e. The predicted molar refractivity (Wildman–Crippen MR) is 75.2 cm³/mol. The van der Waals surface area contributed by atoms with Crippen LogP contribution in [0.4, 0.5) is 0 Å². The van der Waals surface area contributed by atoms with Gasteiger partial charge in [0.05, 0.1) is 13.7 Å². The number of methoxy groups -OCH3 is 1. The van der Waals surface area contributed by atoms with Crippen LogP contribution in [0.5, 0.6) is 5.75 Å². The van der Waals surface area contributed by atoms with Gasteiger partial charge in [0.1, 0.15) is 11.8 Å². The number of amides is 2. The molecule has 1 aromatic rings. The summed E-state index contributed by atoms with van der Waals surface area (Å²) in [5.41, 5.74) is 0.966. The van der Waals surface area contributed by atoms with Gasteiger partial charge in [-0.25, -0.2) is 0 Å². The van der Waals surface area contributed by atoms with Gasteiger partial charge >= 0.3 is 0 Å². The zero-order chi connectivity index (χ0) is 14.5. The molecule has 1 aliphatic rings. The van der Waals surface area contributed by atoms with Gasteiger partial charge in [0.15, 0.2) is 0 Å². The van der Waals surface area contributed by atoms with E-state index in [9.17, 15) is 9.59 Å². The van der Waals surface area contributed by atoms with E-state index in [1.54, 1.807) is 12.0 Å². The molecule has 1 N–H and O–H groups in total. The smallest absolute Gasteiger partial charge is 0.243 e. The van der Waals surface area contributed by atoms with Crippen molar-refractivity contribution in [1.29, 1.82) is 0 Å². The van der Waals surface area contributed by atoms with Crippen molar-refractivity contribution in [3.8, 4) is 5.75 Å². The Kier molecular flexibility index (Phi) is 4.61. The molecule has 1 heterocycles. The van der Waals surface area contributed by atoms with Crippen LogP contribution in [0.15, 0.2) is 24.3 Å². The molecule has 5 nitrogen and oxygen atoms in total. The van der Waals surface area contributed by atoms with Crippen LogP contribution in [0.25, 0.3) is 0 Å². The molecule has 0 radical (unpaired) electrons. The average molecular weight is 276 g/mol. The monoisotopic (exact) mass is 276 g/mol. The highest BCUT2D eigenvalue weighted by atomic mass is 16.5. The molecular formula is C15H20N2O3. The number of ether oxygens (including phenoxy) is 1. The Hall–Kier alpha value is -2.04. The third-order valence-electron chi connectivity index (χ3n) is 3.46. The summed E-state index contributed by atoms with van der Waals surface area (Å²) in [4.78, 5) is 25.7. The van der Waals surface area contributed by atoms with Crippen molar-refractivity contribution in [2.24, 2.45) is 0 Å². The van der Waals surface area contributed by atoms with Gasteiger partial charge in [0.25, 0.3) is 0 Å². The number of benzene rings is 1. The van der Waals surface area contributed by atoms with E-state index >= 15 is 0 Å². The van der Waals surface area contributed by atoms with Gasteiger partial charge in [-0.2, -0.15) is 0 Å². The molecule has 1 atom stereocenters. The maximum atomic E-state index is 12.1. The number of rotatable bonds is 5. The Morgan fingerprint density at radius 3 is 2.90 bits per heavy atom. The molecule has 20 heavy (non-hydrogen) atoms. The average Bonchev–Trinajstić information content (AvgIpc) is 2.47. The van der Waals surface area contributed by atoms with Crippen LogP contribution < -0.4 is 10.1 Å². The first-order valence-electron chi connectivity index (χ1n) is 6.85. The maximum Gasteiger partial charge on any atom is 0.243 e. The van der Waals surface area contributed by atoms with Gasteiger partial charge in [0.2, 0.25) is 11.8 Å². The van der Waals surface area contributed by atoms with E-state index in [1.807, 2.05) is 31.2 Å². The fourth-order valence-corrected chi connectivity index (χ4v) is 2.42. The first kappa shape index (κ1) is 14.4. The van der Waals surface area contributed by atoms with Crippen molar-refractivity contribution in [2.75, 3.05) is 13.7 Å². The van der Waals surface area contributed by atoms with Gasteiger partial charge < -0.3 is 15.0 Å². The van der Waals surface area contributed by atoms with Crippen molar-refractivity contribution in [1.82, 2.24) is 10.2 Å². The lowest BCUT2D eigenvalue weighted by Gasteiger charge is -2.35. The number of nitrogens with zero attached hydrogens (tertiary/aromatic N) is 1. The van der Waals surface area contributed by atoms with Crippen molar-refractivity contribution in [3.63, 3.8) is 0 Å². The summed E-state index contributed by atoms with van der Waals surface area (Å²) in [6, 6.07) is 7.20. The topological polar surface area (TPSA) is 58.6 Å². The second kappa shape index (κ2) is 6.41. The largest absolute Gasteiger partial charge is 0.497 e. The summed E-state index contributed by atoms with van der Waals surface area (Å²) in [6.45, 7) is 2.53. The number of nitrogens with one attached hydrogen (secondary N) is 1. The molecule has 0 spiro atoms. The normalized spacial score (nSPS) is 18.9. The number of hydrogen-bond donors (Lipinski definition) is 1. The summed E-state index contributed by atoms with van der Waals surface area (Å²) in [5.74, 6) is 0.656. The molecule has 1 saturated heterocycles. The highest BCUT2D eigenvalue weighted by molar-refractivity contribution is 5.94. The van der Waals surface area contributed by atoms with E-state index in [0.717, 1.165) is 17.7 Å². The van der Waals surface area contributed by atoms with E-state index in [-0.39, 0.29) is 24.4 Å². The first-order valence-corrected chi connectivity index (χ1v) is 6.85. The van der Waals surface area contributed by atoms with Crippen LogP contribution in [-0.4, -0.2) is 36.4 Å². The maximum absolute atomic E-state index is 12.1. The molecular weight excluding hydrogens is 256 g/mol. The van der Waals surface area contributed by atoms with Gasteiger partial charge in [-0.1, -0.05) is 25.5 Å². The van der Waals surface area contributed by atoms with Crippen molar-refractivity contribution < 1.29 is 14.3 Å². The van der Waals surface area contributed by atoms with Crippen molar-refractivity contribution >= 4 is 11.8 Å². The Bertz CT molecular complexity index is 502. The van der Waals surface area contributed by atoms with Crippen molar-refractivity contribution in [2.45, 2.75) is 32.4 Å². The Morgan fingerprint density at radius 2 is 2.20 bits per heavy atom. The molecule has 0 unspecified atom stereocenters. The summed E-state index contributed by atoms with van der Waals surface area (Å²) in [7, 11) is 1.61. The fourth-order valence-electron chi connectivity index (χ4n) is 2.42. The summed E-state index contributed by atoms with van der Waals surface area (Å²) >= 11 is 0. The molecule has 2 amide bonds. The van der Waals surface area contributed by atoms with Crippen molar-refractivity contribution in [3.05, 3.63) is 29.8 Å². The van der Waals surface area contributed by atoms with Crippen LogP contribution >= 0.6 is 0 Å². The zero-order valence-electron chi connectivity index (χ0n) is 11.9. The predicted octanol–water partition coefficient (Wildman–Crippen LogP) is 1.32. The van der Waals surface area contributed by atoms with Crippen LogP contribution in [0, 0.1) is 0 Å². The van der Waals surface area contributed by atoms with Crippen LogP contribution in [0.2, 0.25) is 0 Å². The number of carbonyl (C=O) groups is 2. The van der Waals surface area contributed by atoms with Crippen LogP contribution in [0.1, 0.15) is 25.3 Å². The summed E-state index contributed by atoms with van der Waals surface area (Å²) < 4.78 is 5.18. The van der Waals surface area contributed by atoms with E-state index < -0.39 is 0 Å². The van der Waals surface area contributed by atoms with E-state index in [1.165, 1.54) is 0 Å². The molecule has 108 valence electrons. The first-order chi connectivity index (χ1) is 9.65. The highest BCUT2D eigenvalue weighted by Crippen LogP contribution is 2.19. The SMILES string of the molecule is CCC[C@@H]1C(=O)NCC(=O)N1Cc1cccc(OC)c1. The molecule has 0 aromatic heterocycles. The molecule has 1 aliphatic heterocycles. The molecule has 0 bridgehead atoms. The second-order valence-corrected chi connectivity index (χ2v) is 4.90. The lowest BCUT2D eigenvalue weighted by atomic mass is 10.1. The Morgan fingerprint density at radius 1 is 1.40 bits per heavy atom. The lowest BCUT2D eigenvalue weighted by Crippen LogP contribution is -2.57. The van der Waals surface area contributed by atoms with E-state index in [2.05, 4.69) is 5.32 Å². The standard InChI is InChI=1S/C15H20N2O3/c1-3-5-13-15(19)16-9-14(18)17(13)10-11-6-4-7-12(8-11)20-2/h4,6-8,13H,3,5,9-10H2,1-2H3,(H,16,19)/t13-/m1/s1. The fraction of sp³-hybridized carbons (Fsp3) is 0.467. The minimum absolute atomic E-state index is 0.0362. The molecule has 1 aromatic carbocycles. The Labute approximate surface area is 118 Å². The number of piperazine rings is 1. The number of carbonyl (C=O) groups excluding carboxylic acids is 2. The van der Waals surface area contributed by atoms with Gasteiger partial charge in [-0.15, -0.1) is 0 Å². The summed E-state index contributed by atoms with van der Waals surface area (Å²) in [5, 5.41) is 2.65. The third-order valence-corrected chi connectivity index (χ3v) is 3.46. The lowest BCUT2D eigenvalue weighted by molar-refractivity contribution is -0.146. The van der Waals surface area contributed by atoms with Gasteiger partial charge in [-0.3, -0.25) is 9.59 Å².